The molecular weight excluding hydrogens is 561 g/mol. The Kier molecular flexibility index (Phi) is 8.14. The number of amides is 3. The first-order chi connectivity index (χ1) is 21.4. The Bertz CT molecular complexity index is 1770. The van der Waals surface area contributed by atoms with E-state index in [1.165, 1.54) is 24.3 Å². The molecule has 2 aliphatic rings. The number of nitrogens with one attached hydrogen (secondary N) is 4. The summed E-state index contributed by atoms with van der Waals surface area (Å²) in [5.41, 5.74) is 3.30. The van der Waals surface area contributed by atoms with Crippen LogP contribution in [0.25, 0.3) is 10.9 Å². The standard InChI is InChI=1S/C34H30FN5O4/c35-23-13-10-20(11-14-23)16-29(40-33(43)27-15-12-22-8-4-5-9-26(22)38-27)34(44)39-28-17-24-25(19-37-32(24)42)30(31(28)41)36-18-21-6-2-1-3-7-21/h1-15,24,28-29,36H,16-19H2,(H,37,42)(H,39,44)(H,40,43)/t24-,28+,29+/m1/s1. The van der Waals surface area contributed by atoms with Crippen molar-refractivity contribution in [2.75, 3.05) is 6.54 Å². The SMILES string of the molecule is O=C(N[C@@H](Cc1ccc(F)cc1)C(=O)N[C@H]1C[C@H]2C(=O)NCC2=C(NCc2ccccc2)C1=O)c1ccc2ccccc2n1. The van der Waals surface area contributed by atoms with E-state index in [2.05, 4.69) is 26.3 Å². The Morgan fingerprint density at radius 1 is 0.909 bits per heavy atom. The fourth-order valence-electron chi connectivity index (χ4n) is 5.65. The Balaban J connectivity index is 1.23. The minimum atomic E-state index is -1.11. The van der Waals surface area contributed by atoms with Crippen LogP contribution >= 0.6 is 0 Å². The van der Waals surface area contributed by atoms with Crippen LogP contribution in [0, 0.1) is 11.7 Å². The van der Waals surface area contributed by atoms with Crippen LogP contribution in [-0.2, 0) is 27.3 Å². The number of carbonyl (C=O) groups excluding carboxylic acids is 4. The first kappa shape index (κ1) is 28.7. The normalized spacial score (nSPS) is 18.4. The molecule has 3 atom stereocenters. The molecule has 1 aliphatic carbocycles. The summed E-state index contributed by atoms with van der Waals surface area (Å²) in [6, 6.07) is 23.7. The highest BCUT2D eigenvalue weighted by molar-refractivity contribution is 6.06. The number of halogens is 1. The Morgan fingerprint density at radius 3 is 2.45 bits per heavy atom. The van der Waals surface area contributed by atoms with Crippen molar-refractivity contribution in [2.24, 2.45) is 5.92 Å². The minimum Gasteiger partial charge on any atom is -0.378 e. The van der Waals surface area contributed by atoms with E-state index in [4.69, 9.17) is 0 Å². The predicted molar refractivity (Wildman–Crippen MR) is 161 cm³/mol. The summed E-state index contributed by atoms with van der Waals surface area (Å²) in [7, 11) is 0. The van der Waals surface area contributed by atoms with Gasteiger partial charge in [0.2, 0.25) is 17.6 Å². The molecule has 2 heterocycles. The van der Waals surface area contributed by atoms with Gasteiger partial charge in [0.25, 0.3) is 5.91 Å². The highest BCUT2D eigenvalue weighted by atomic mass is 19.1. The molecule has 44 heavy (non-hydrogen) atoms. The van der Waals surface area contributed by atoms with Crippen molar-refractivity contribution in [1.82, 2.24) is 26.3 Å². The zero-order valence-electron chi connectivity index (χ0n) is 23.7. The van der Waals surface area contributed by atoms with Gasteiger partial charge in [-0.1, -0.05) is 66.7 Å². The number of ketones is 1. The second kappa shape index (κ2) is 12.5. The van der Waals surface area contributed by atoms with Gasteiger partial charge < -0.3 is 21.3 Å². The molecule has 0 unspecified atom stereocenters. The van der Waals surface area contributed by atoms with Crippen LogP contribution in [0.4, 0.5) is 4.39 Å². The summed E-state index contributed by atoms with van der Waals surface area (Å²) in [6.45, 7) is 0.629. The topological polar surface area (TPSA) is 129 Å². The van der Waals surface area contributed by atoms with Gasteiger partial charge in [-0.2, -0.15) is 0 Å². The first-order valence-corrected chi connectivity index (χ1v) is 14.4. The lowest BCUT2D eigenvalue weighted by Gasteiger charge is -2.30. The van der Waals surface area contributed by atoms with Crippen LogP contribution in [0.2, 0.25) is 0 Å². The van der Waals surface area contributed by atoms with E-state index in [0.717, 1.165) is 10.9 Å². The van der Waals surface area contributed by atoms with Crippen LogP contribution in [-0.4, -0.2) is 47.1 Å². The zero-order chi connectivity index (χ0) is 30.6. The number of Topliss-reactive ketones (excluding diaryl/α,β-unsaturated/α-hetero) is 1. The van der Waals surface area contributed by atoms with E-state index in [0.29, 0.717) is 28.9 Å². The van der Waals surface area contributed by atoms with E-state index >= 15 is 0 Å². The van der Waals surface area contributed by atoms with Crippen molar-refractivity contribution in [3.05, 3.63) is 125 Å². The summed E-state index contributed by atoms with van der Waals surface area (Å²) in [5.74, 6) is -2.71. The van der Waals surface area contributed by atoms with Crippen molar-refractivity contribution in [2.45, 2.75) is 31.5 Å². The molecule has 0 spiro atoms. The van der Waals surface area contributed by atoms with Crippen molar-refractivity contribution < 1.29 is 23.6 Å². The lowest BCUT2D eigenvalue weighted by atomic mass is 9.83. The van der Waals surface area contributed by atoms with Gasteiger partial charge in [0.05, 0.1) is 23.2 Å². The van der Waals surface area contributed by atoms with Gasteiger partial charge in [-0.25, -0.2) is 9.37 Å². The summed E-state index contributed by atoms with van der Waals surface area (Å²) in [6.07, 6.45) is 0.141. The largest absolute Gasteiger partial charge is 0.378 e. The van der Waals surface area contributed by atoms with Crippen LogP contribution in [0.1, 0.15) is 28.0 Å². The van der Waals surface area contributed by atoms with Gasteiger partial charge in [0.15, 0.2) is 0 Å². The van der Waals surface area contributed by atoms with Gasteiger partial charge in [-0.15, -0.1) is 0 Å². The van der Waals surface area contributed by atoms with Gasteiger partial charge in [-0.3, -0.25) is 19.2 Å². The maximum absolute atomic E-state index is 13.8. The van der Waals surface area contributed by atoms with E-state index < -0.39 is 35.6 Å². The third kappa shape index (κ3) is 6.19. The van der Waals surface area contributed by atoms with Crippen molar-refractivity contribution >= 4 is 34.4 Å². The number of carbonyl (C=O) groups is 4. The molecular formula is C34H30FN5O4. The fraction of sp³-hybridized carbons (Fsp3) is 0.206. The molecule has 1 saturated heterocycles. The van der Waals surface area contributed by atoms with E-state index in [-0.39, 0.29) is 36.8 Å². The van der Waals surface area contributed by atoms with Gasteiger partial charge in [0.1, 0.15) is 17.6 Å². The highest BCUT2D eigenvalue weighted by Crippen LogP contribution is 2.31. The molecule has 6 rings (SSSR count). The number of benzene rings is 3. The monoisotopic (exact) mass is 591 g/mol. The Hall–Kier alpha value is -5.38. The van der Waals surface area contributed by atoms with Crippen molar-refractivity contribution in [3.63, 3.8) is 0 Å². The van der Waals surface area contributed by atoms with Crippen LogP contribution < -0.4 is 21.3 Å². The quantitative estimate of drug-likeness (QED) is 0.237. The van der Waals surface area contributed by atoms with Crippen LogP contribution in [0.5, 0.6) is 0 Å². The van der Waals surface area contributed by atoms with E-state index in [1.807, 2.05) is 48.5 Å². The third-order valence-electron chi connectivity index (χ3n) is 7.98. The molecule has 1 aromatic heterocycles. The second-order valence-corrected chi connectivity index (χ2v) is 10.9. The van der Waals surface area contributed by atoms with Gasteiger partial charge >= 0.3 is 0 Å². The zero-order valence-corrected chi connectivity index (χ0v) is 23.7. The summed E-state index contributed by atoms with van der Waals surface area (Å²) in [5, 5.41) is 12.4. The van der Waals surface area contributed by atoms with E-state index in [9.17, 15) is 23.6 Å². The Labute approximate surface area is 253 Å². The number of hydrogen-bond donors (Lipinski definition) is 4. The van der Waals surface area contributed by atoms with E-state index in [1.54, 1.807) is 18.2 Å². The number of nitrogens with zero attached hydrogens (tertiary/aromatic N) is 1. The smallest absolute Gasteiger partial charge is 0.270 e. The minimum absolute atomic E-state index is 0.0382. The number of rotatable bonds is 9. The molecule has 0 radical (unpaired) electrons. The second-order valence-electron chi connectivity index (χ2n) is 10.9. The van der Waals surface area contributed by atoms with Crippen molar-refractivity contribution in [1.29, 1.82) is 0 Å². The molecule has 222 valence electrons. The third-order valence-corrected chi connectivity index (χ3v) is 7.98. The molecule has 3 amide bonds. The van der Waals surface area contributed by atoms with Crippen LogP contribution in [0.15, 0.2) is 102 Å². The lowest BCUT2D eigenvalue weighted by molar-refractivity contribution is -0.129. The number of fused-ring (bicyclic) bond motifs is 2. The number of pyridine rings is 1. The molecule has 4 aromatic rings. The number of aromatic nitrogens is 1. The molecule has 0 saturated carbocycles. The summed E-state index contributed by atoms with van der Waals surface area (Å²) in [4.78, 5) is 57.9. The molecule has 9 nitrogen and oxygen atoms in total. The van der Waals surface area contributed by atoms with Crippen LogP contribution in [0.3, 0.4) is 0 Å². The molecule has 1 aliphatic heterocycles. The number of para-hydroxylation sites is 1. The maximum Gasteiger partial charge on any atom is 0.270 e. The summed E-state index contributed by atoms with van der Waals surface area (Å²) >= 11 is 0. The van der Waals surface area contributed by atoms with Gasteiger partial charge in [-0.05, 0) is 47.4 Å². The first-order valence-electron chi connectivity index (χ1n) is 14.4. The lowest BCUT2D eigenvalue weighted by Crippen LogP contribution is -2.55. The molecule has 4 N–H and O–H groups in total. The maximum atomic E-state index is 13.8. The Morgan fingerprint density at radius 2 is 1.66 bits per heavy atom. The molecule has 0 bridgehead atoms. The predicted octanol–water partition coefficient (Wildman–Crippen LogP) is 2.96. The fourth-order valence-corrected chi connectivity index (χ4v) is 5.65. The van der Waals surface area contributed by atoms with Gasteiger partial charge in [0, 0.05) is 24.9 Å². The average molecular weight is 592 g/mol. The molecule has 10 heteroatoms. The number of hydrogen-bond acceptors (Lipinski definition) is 6. The summed E-state index contributed by atoms with van der Waals surface area (Å²) < 4.78 is 13.6. The highest BCUT2D eigenvalue weighted by Gasteiger charge is 2.43. The van der Waals surface area contributed by atoms with Crippen molar-refractivity contribution in [3.8, 4) is 0 Å². The molecule has 1 fully saturated rings. The molecule has 3 aromatic carbocycles. The average Bonchev–Trinajstić information content (AvgIpc) is 3.41.